The van der Waals surface area contributed by atoms with Gasteiger partial charge in [-0.1, -0.05) is 7.60 Å². The van der Waals surface area contributed by atoms with Crippen molar-refractivity contribution in [3.8, 4) is 0 Å². The van der Waals surface area contributed by atoms with Crippen molar-refractivity contribution in [3.63, 3.8) is 0 Å². The van der Waals surface area contributed by atoms with Crippen molar-refractivity contribution >= 4 is 25.3 Å². The fraction of sp³-hybridized carbons (Fsp3) is 0.889. The zero-order chi connectivity index (χ0) is 15.5. The Balaban J connectivity index is 0. The van der Waals surface area contributed by atoms with Crippen LogP contribution < -0.4 is 74.2 Å². The van der Waals surface area contributed by atoms with Crippen LogP contribution in [0.25, 0.3) is 0 Å². The average Bonchev–Trinajstić information content (AvgIpc) is 2.32. The summed E-state index contributed by atoms with van der Waals surface area (Å²) < 4.78 is 15.9. The van der Waals surface area contributed by atoms with Gasteiger partial charge in [0.15, 0.2) is 0 Å². The molecule has 1 aliphatic heterocycles. The number of amides is 1. The predicted octanol–water partition coefficient (Wildman–Crippen LogP) is -9.46. The Kier molecular flexibility index (Phi) is 13.5. The van der Waals surface area contributed by atoms with Gasteiger partial charge < -0.3 is 39.7 Å². The summed E-state index contributed by atoms with van der Waals surface area (Å²) >= 11 is 0.572. The first-order valence-corrected chi connectivity index (χ1v) is 8.45. The summed E-state index contributed by atoms with van der Waals surface area (Å²) in [5, 5.41) is 30.9. The van der Waals surface area contributed by atoms with Crippen molar-refractivity contribution in [1.82, 2.24) is 5.32 Å². The Bertz CT molecular complexity index is 400. The van der Waals surface area contributed by atoms with Crippen LogP contribution in [-0.2, 0) is 14.1 Å². The van der Waals surface area contributed by atoms with Crippen LogP contribution in [0.4, 0.5) is 0 Å². The van der Waals surface area contributed by atoms with Crippen molar-refractivity contribution in [3.05, 3.63) is 0 Å². The third kappa shape index (κ3) is 8.26. The van der Waals surface area contributed by atoms with Crippen molar-refractivity contribution in [1.29, 1.82) is 0 Å². The molecule has 1 saturated heterocycles. The summed E-state index contributed by atoms with van der Waals surface area (Å²) in [4.78, 5) is 32.4. The first kappa shape index (κ1) is 26.0. The van der Waals surface area contributed by atoms with Gasteiger partial charge in [-0.15, -0.1) is 11.8 Å². The van der Waals surface area contributed by atoms with E-state index in [1.165, 1.54) is 6.92 Å². The maximum absolute atomic E-state index is 11.1. The van der Waals surface area contributed by atoms with Crippen molar-refractivity contribution in [2.24, 2.45) is 0 Å². The van der Waals surface area contributed by atoms with Crippen LogP contribution in [0.1, 0.15) is 6.92 Å². The van der Waals surface area contributed by atoms with E-state index < -0.39 is 55.4 Å². The number of hydrogen-bond donors (Lipinski definition) is 4. The number of rotatable bonds is 5. The number of hydrogen-bond acceptors (Lipinski definition) is 9. The van der Waals surface area contributed by atoms with E-state index >= 15 is 0 Å². The molecule has 0 aromatic heterocycles. The first-order chi connectivity index (χ1) is 9.15. The Morgan fingerprint density at radius 3 is 2.27 bits per heavy atom. The maximum Gasteiger partial charge on any atom is 1.00 e. The van der Waals surface area contributed by atoms with E-state index in [0.717, 1.165) is 0 Å². The van der Waals surface area contributed by atoms with E-state index in [1.54, 1.807) is 0 Å². The molecule has 0 bridgehead atoms. The van der Waals surface area contributed by atoms with Gasteiger partial charge in [-0.25, -0.2) is 0 Å². The molecule has 0 spiro atoms. The topological polar surface area (TPSA) is 162 Å². The van der Waals surface area contributed by atoms with Crippen LogP contribution in [0.5, 0.6) is 0 Å². The molecule has 0 aliphatic carbocycles. The molecule has 13 heteroatoms. The summed E-state index contributed by atoms with van der Waals surface area (Å²) in [6.45, 7) is 0.569. The average molecular weight is 375 g/mol. The molecule has 1 amide bonds. The zero-order valence-corrected chi connectivity index (χ0v) is 18.3. The van der Waals surface area contributed by atoms with E-state index in [-0.39, 0.29) is 59.1 Å². The quantitative estimate of drug-likeness (QED) is 0.270. The number of carbonyl (C=O) groups excluding carboxylic acids is 1. The molecule has 0 unspecified atom stereocenters. The van der Waals surface area contributed by atoms with Crippen LogP contribution in [0, 0.1) is 0 Å². The predicted molar refractivity (Wildman–Crippen MR) is 65.4 cm³/mol. The summed E-state index contributed by atoms with van der Waals surface area (Å²) in [6.07, 6.45) is -4.04. The molecule has 1 rings (SSSR count). The third-order valence-electron chi connectivity index (χ3n) is 2.65. The van der Waals surface area contributed by atoms with Crippen LogP contribution in [-0.4, -0.2) is 63.1 Å². The summed E-state index contributed by atoms with van der Waals surface area (Å²) in [5.41, 5.74) is -1.87. The van der Waals surface area contributed by atoms with Crippen LogP contribution in [0.3, 0.4) is 0 Å². The molecule has 0 aromatic carbocycles. The van der Waals surface area contributed by atoms with Crippen molar-refractivity contribution < 1.29 is 98.3 Å². The number of ether oxygens (including phenoxy) is 1. The van der Waals surface area contributed by atoms with Crippen LogP contribution >= 0.6 is 19.4 Å². The van der Waals surface area contributed by atoms with Gasteiger partial charge in [-0.2, -0.15) is 0 Å². The molecule has 0 saturated carbocycles. The third-order valence-corrected chi connectivity index (χ3v) is 5.24. The summed E-state index contributed by atoms with van der Waals surface area (Å²) in [5.74, 6) is -0.523. The van der Waals surface area contributed by atoms with Gasteiger partial charge in [0.1, 0.15) is 23.7 Å². The fourth-order valence-electron chi connectivity index (χ4n) is 1.78. The molecular formula is C9H16NNa2O8PS. The van der Waals surface area contributed by atoms with E-state index in [2.05, 4.69) is 5.32 Å². The molecule has 4 N–H and O–H groups in total. The van der Waals surface area contributed by atoms with Gasteiger partial charge in [-0.3, -0.25) is 4.79 Å². The molecule has 1 fully saturated rings. The molecule has 1 heterocycles. The van der Waals surface area contributed by atoms with Gasteiger partial charge in [0.2, 0.25) is 5.91 Å². The standard InChI is InChI=1S/C9H18NO8PS.2Na/c1-4(12)10-6-8(14)7(13)5(2-11)18-9(6)20-3-19(15,16)17;;/h5-9,11,13-14H,2-3H2,1H3,(H,10,12)(H2,15,16,17);;/q;2*+1/p-2/t5-,6-,7-,8-,9+;;/m1../s1. The number of nitrogens with one attached hydrogen (secondary N) is 1. The Morgan fingerprint density at radius 1 is 1.32 bits per heavy atom. The smallest absolute Gasteiger partial charge is 0.810 e. The Hall–Kier alpha value is 1.81. The normalized spacial score (nSPS) is 31.6. The summed E-state index contributed by atoms with van der Waals surface area (Å²) in [6, 6.07) is -1.10. The Morgan fingerprint density at radius 2 is 1.86 bits per heavy atom. The van der Waals surface area contributed by atoms with Crippen molar-refractivity contribution in [2.75, 3.05) is 12.1 Å². The molecule has 1 aliphatic rings. The van der Waals surface area contributed by atoms with E-state index in [4.69, 9.17) is 9.84 Å². The minimum atomic E-state index is -4.79. The summed E-state index contributed by atoms with van der Waals surface area (Å²) in [7, 11) is -4.79. The van der Waals surface area contributed by atoms with Crippen LogP contribution in [0.15, 0.2) is 0 Å². The molecule has 118 valence electrons. The SMILES string of the molecule is CC(=O)N[C@@H]1[C@@H](O)[C@H](O)[C@@H](CO)O[C@H]1SCP(=O)([O-])[O-].[Na+].[Na+]. The molecule has 5 atom stereocenters. The first-order valence-electron chi connectivity index (χ1n) is 5.68. The Labute approximate surface area is 176 Å². The molecule has 22 heavy (non-hydrogen) atoms. The van der Waals surface area contributed by atoms with Gasteiger partial charge in [-0.05, 0) is 0 Å². The molecule has 9 nitrogen and oxygen atoms in total. The molecule has 0 radical (unpaired) electrons. The number of thioether (sulfide) groups is 1. The zero-order valence-electron chi connectivity index (χ0n) is 12.5. The molecular weight excluding hydrogens is 359 g/mol. The fourth-order valence-corrected chi connectivity index (χ4v) is 3.75. The molecule has 0 aromatic rings. The van der Waals surface area contributed by atoms with Gasteiger partial charge in [0.05, 0.1) is 12.6 Å². The largest absolute Gasteiger partial charge is 1.00 e. The maximum atomic E-state index is 11.1. The second-order valence-corrected chi connectivity index (χ2v) is 7.39. The van der Waals surface area contributed by atoms with Gasteiger partial charge >= 0.3 is 59.1 Å². The number of carbonyl (C=O) groups is 1. The van der Waals surface area contributed by atoms with E-state index in [1.807, 2.05) is 0 Å². The second-order valence-electron chi connectivity index (χ2n) is 4.34. The van der Waals surface area contributed by atoms with Gasteiger partial charge in [0, 0.05) is 12.4 Å². The number of aliphatic hydroxyl groups excluding tert-OH is 3. The van der Waals surface area contributed by atoms with E-state index in [9.17, 15) is 29.4 Å². The second kappa shape index (κ2) is 11.4. The van der Waals surface area contributed by atoms with Crippen LogP contribution in [0.2, 0.25) is 0 Å². The minimum Gasteiger partial charge on any atom is -0.810 e. The monoisotopic (exact) mass is 375 g/mol. The minimum absolute atomic E-state index is 0. The number of aliphatic hydroxyl groups is 3. The van der Waals surface area contributed by atoms with Crippen molar-refractivity contribution in [2.45, 2.75) is 36.7 Å². The van der Waals surface area contributed by atoms with Gasteiger partial charge in [0.25, 0.3) is 0 Å². The van der Waals surface area contributed by atoms with E-state index in [0.29, 0.717) is 11.8 Å².